The highest BCUT2D eigenvalue weighted by atomic mass is 16.3. The van der Waals surface area contributed by atoms with Crippen LogP contribution >= 0.6 is 0 Å². The van der Waals surface area contributed by atoms with Gasteiger partial charge in [-0.25, -0.2) is 4.98 Å². The highest BCUT2D eigenvalue weighted by molar-refractivity contribution is 5.90. The number of carbonyl (C=O) groups is 1. The average Bonchev–Trinajstić information content (AvgIpc) is 3.11. The summed E-state index contributed by atoms with van der Waals surface area (Å²) < 4.78 is 0. The molecule has 1 aliphatic rings. The summed E-state index contributed by atoms with van der Waals surface area (Å²) in [5.41, 5.74) is 0. The van der Waals surface area contributed by atoms with Crippen LogP contribution in [0, 0.1) is 5.92 Å². The molecule has 18 heavy (non-hydrogen) atoms. The topological polar surface area (TPSA) is 90.9 Å². The molecule has 1 aliphatic carbocycles. The summed E-state index contributed by atoms with van der Waals surface area (Å²) in [6.45, 7) is 2.77. The summed E-state index contributed by atoms with van der Waals surface area (Å²) in [4.78, 5) is 15.9. The lowest BCUT2D eigenvalue weighted by Crippen LogP contribution is -2.26. The molecule has 1 saturated carbocycles. The predicted molar refractivity (Wildman–Crippen MR) is 66.2 cm³/mol. The van der Waals surface area contributed by atoms with Gasteiger partial charge in [-0.15, -0.1) is 5.10 Å². The number of aliphatic hydroxyl groups is 1. The Morgan fingerprint density at radius 3 is 3.06 bits per heavy atom. The first-order valence-electron chi connectivity index (χ1n) is 6.52. The van der Waals surface area contributed by atoms with Crippen molar-refractivity contribution < 1.29 is 9.90 Å². The normalized spacial score (nSPS) is 16.6. The lowest BCUT2D eigenvalue weighted by Gasteiger charge is -2.07. The Hall–Kier alpha value is -1.43. The quantitative estimate of drug-likeness (QED) is 0.627. The van der Waals surface area contributed by atoms with E-state index in [1.54, 1.807) is 0 Å². The third-order valence-electron chi connectivity index (χ3n) is 3.14. The van der Waals surface area contributed by atoms with Gasteiger partial charge >= 0.3 is 0 Å². The highest BCUT2D eigenvalue weighted by Gasteiger charge is 2.28. The molecule has 0 radical (unpaired) electrons. The number of amides is 1. The Labute approximate surface area is 106 Å². The van der Waals surface area contributed by atoms with E-state index in [4.69, 9.17) is 5.11 Å². The zero-order chi connectivity index (χ0) is 13.0. The van der Waals surface area contributed by atoms with Gasteiger partial charge in [0.15, 0.2) is 0 Å². The zero-order valence-corrected chi connectivity index (χ0v) is 10.6. The van der Waals surface area contributed by atoms with Crippen molar-refractivity contribution in [1.29, 1.82) is 0 Å². The van der Waals surface area contributed by atoms with Crippen molar-refractivity contribution in [1.82, 2.24) is 20.5 Å². The molecule has 2 rings (SSSR count). The SMILES string of the molecule is CC(CO)CCCNC(=O)c1n[nH]c(C2CC2)n1. The molecule has 1 aromatic rings. The lowest BCUT2D eigenvalue weighted by molar-refractivity contribution is 0.0942. The van der Waals surface area contributed by atoms with Crippen LogP contribution in [0.5, 0.6) is 0 Å². The van der Waals surface area contributed by atoms with Crippen LogP contribution in [0.4, 0.5) is 0 Å². The van der Waals surface area contributed by atoms with Crippen molar-refractivity contribution in [3.63, 3.8) is 0 Å². The average molecular weight is 252 g/mol. The van der Waals surface area contributed by atoms with Gasteiger partial charge in [0.1, 0.15) is 5.82 Å². The third kappa shape index (κ3) is 3.53. The first kappa shape index (κ1) is 13.0. The van der Waals surface area contributed by atoms with Gasteiger partial charge in [0.05, 0.1) is 0 Å². The van der Waals surface area contributed by atoms with E-state index in [0.717, 1.165) is 31.5 Å². The molecule has 1 atom stereocenters. The van der Waals surface area contributed by atoms with Crippen LogP contribution in [0.1, 0.15) is 55.0 Å². The molecule has 6 heteroatoms. The molecule has 0 bridgehead atoms. The van der Waals surface area contributed by atoms with E-state index in [1.165, 1.54) is 0 Å². The third-order valence-corrected chi connectivity index (χ3v) is 3.14. The Bertz CT molecular complexity index is 401. The fourth-order valence-corrected chi connectivity index (χ4v) is 1.74. The Balaban J connectivity index is 1.70. The second-order valence-corrected chi connectivity index (χ2v) is 5.00. The number of aromatic nitrogens is 3. The van der Waals surface area contributed by atoms with Gasteiger partial charge < -0.3 is 10.4 Å². The zero-order valence-electron chi connectivity index (χ0n) is 10.6. The molecule has 0 saturated heterocycles. The summed E-state index contributed by atoms with van der Waals surface area (Å²) in [6.07, 6.45) is 4.02. The molecule has 1 heterocycles. The van der Waals surface area contributed by atoms with Gasteiger partial charge in [0, 0.05) is 19.1 Å². The van der Waals surface area contributed by atoms with Crippen molar-refractivity contribution in [3.05, 3.63) is 11.6 Å². The number of hydrogen-bond acceptors (Lipinski definition) is 4. The smallest absolute Gasteiger partial charge is 0.290 e. The van der Waals surface area contributed by atoms with Crippen molar-refractivity contribution in [3.8, 4) is 0 Å². The molecule has 1 unspecified atom stereocenters. The molecular weight excluding hydrogens is 232 g/mol. The minimum Gasteiger partial charge on any atom is -0.396 e. The summed E-state index contributed by atoms with van der Waals surface area (Å²) in [6, 6.07) is 0. The Morgan fingerprint density at radius 1 is 1.61 bits per heavy atom. The molecule has 3 N–H and O–H groups in total. The fraction of sp³-hybridized carbons (Fsp3) is 0.750. The van der Waals surface area contributed by atoms with Gasteiger partial charge in [-0.1, -0.05) is 6.92 Å². The number of H-pyrrole nitrogens is 1. The predicted octanol–water partition coefficient (Wildman–Crippen LogP) is 0.820. The Kier molecular flexibility index (Phi) is 4.30. The van der Waals surface area contributed by atoms with E-state index in [1.807, 2.05) is 6.92 Å². The minimum atomic E-state index is -0.227. The summed E-state index contributed by atoms with van der Waals surface area (Å²) in [5.74, 6) is 1.59. The maximum Gasteiger partial charge on any atom is 0.290 e. The molecule has 1 amide bonds. The van der Waals surface area contributed by atoms with Crippen LogP contribution in [-0.4, -0.2) is 39.3 Å². The van der Waals surface area contributed by atoms with E-state index in [-0.39, 0.29) is 24.3 Å². The molecule has 100 valence electrons. The highest BCUT2D eigenvalue weighted by Crippen LogP contribution is 2.37. The maximum absolute atomic E-state index is 11.7. The first-order valence-corrected chi connectivity index (χ1v) is 6.52. The summed E-state index contributed by atoms with van der Waals surface area (Å²) in [5, 5.41) is 18.4. The second-order valence-electron chi connectivity index (χ2n) is 5.00. The number of aliphatic hydroxyl groups excluding tert-OH is 1. The van der Waals surface area contributed by atoms with Crippen molar-refractivity contribution in [2.45, 2.75) is 38.5 Å². The fourth-order valence-electron chi connectivity index (χ4n) is 1.74. The van der Waals surface area contributed by atoms with Crippen LogP contribution in [0.3, 0.4) is 0 Å². The minimum absolute atomic E-state index is 0.194. The first-order chi connectivity index (χ1) is 8.70. The van der Waals surface area contributed by atoms with Crippen molar-refractivity contribution >= 4 is 5.91 Å². The van der Waals surface area contributed by atoms with Crippen LogP contribution in [-0.2, 0) is 0 Å². The van der Waals surface area contributed by atoms with E-state index in [0.29, 0.717) is 12.5 Å². The van der Waals surface area contributed by atoms with E-state index in [9.17, 15) is 4.79 Å². The van der Waals surface area contributed by atoms with Gasteiger partial charge in [-0.3, -0.25) is 9.89 Å². The number of nitrogens with zero attached hydrogens (tertiary/aromatic N) is 2. The number of nitrogens with one attached hydrogen (secondary N) is 2. The molecule has 0 aliphatic heterocycles. The van der Waals surface area contributed by atoms with E-state index in [2.05, 4.69) is 20.5 Å². The Morgan fingerprint density at radius 2 is 2.39 bits per heavy atom. The van der Waals surface area contributed by atoms with Crippen LogP contribution in [0.2, 0.25) is 0 Å². The largest absolute Gasteiger partial charge is 0.396 e. The second kappa shape index (κ2) is 5.95. The van der Waals surface area contributed by atoms with Gasteiger partial charge in [0.25, 0.3) is 5.91 Å². The number of aromatic amines is 1. The molecule has 0 spiro atoms. The maximum atomic E-state index is 11.7. The van der Waals surface area contributed by atoms with Gasteiger partial charge in [-0.2, -0.15) is 0 Å². The molecule has 1 fully saturated rings. The number of hydrogen-bond donors (Lipinski definition) is 3. The van der Waals surface area contributed by atoms with Crippen LogP contribution < -0.4 is 5.32 Å². The van der Waals surface area contributed by atoms with Crippen molar-refractivity contribution in [2.75, 3.05) is 13.2 Å². The monoisotopic (exact) mass is 252 g/mol. The summed E-state index contributed by atoms with van der Waals surface area (Å²) in [7, 11) is 0. The lowest BCUT2D eigenvalue weighted by atomic mass is 10.1. The standard InChI is InChI=1S/C12H20N4O2/c1-8(7-17)3-2-6-13-12(18)11-14-10(15-16-11)9-4-5-9/h8-9,17H,2-7H2,1H3,(H,13,18)(H,14,15,16). The molecule has 6 nitrogen and oxygen atoms in total. The van der Waals surface area contributed by atoms with Crippen molar-refractivity contribution in [2.24, 2.45) is 5.92 Å². The van der Waals surface area contributed by atoms with Crippen LogP contribution in [0.15, 0.2) is 0 Å². The molecule has 1 aromatic heterocycles. The van der Waals surface area contributed by atoms with Gasteiger partial charge in [0.2, 0.25) is 5.82 Å². The van der Waals surface area contributed by atoms with Gasteiger partial charge in [-0.05, 0) is 31.6 Å². The number of carbonyl (C=O) groups excluding carboxylic acids is 1. The van der Waals surface area contributed by atoms with Crippen LogP contribution in [0.25, 0.3) is 0 Å². The summed E-state index contributed by atoms with van der Waals surface area (Å²) >= 11 is 0. The van der Waals surface area contributed by atoms with E-state index < -0.39 is 0 Å². The molecule has 0 aromatic carbocycles. The molecular formula is C12H20N4O2. The number of rotatable bonds is 7. The van der Waals surface area contributed by atoms with E-state index >= 15 is 0 Å².